The topological polar surface area (TPSA) is 65.4 Å². The first-order valence-electron chi connectivity index (χ1n) is 7.70. The summed E-state index contributed by atoms with van der Waals surface area (Å²) in [7, 11) is 2.05. The first kappa shape index (κ1) is 14.0. The minimum atomic E-state index is -0.0640. The number of hydrogen-bond donors (Lipinski definition) is 1. The first-order chi connectivity index (χ1) is 11.2. The van der Waals surface area contributed by atoms with Crippen molar-refractivity contribution in [1.82, 2.24) is 19.8 Å². The molecule has 23 heavy (non-hydrogen) atoms. The fourth-order valence-electron chi connectivity index (χ4n) is 3.06. The van der Waals surface area contributed by atoms with Crippen molar-refractivity contribution in [3.8, 4) is 0 Å². The number of imidazole rings is 1. The smallest absolute Gasteiger partial charge is 0.289 e. The second-order valence-electron chi connectivity index (χ2n) is 5.87. The molecular weight excluding hydrogens is 292 g/mol. The van der Waals surface area contributed by atoms with Crippen LogP contribution in [0.4, 0.5) is 0 Å². The molecule has 4 rings (SSSR count). The Hall–Kier alpha value is -2.60. The van der Waals surface area contributed by atoms with E-state index in [0.29, 0.717) is 18.8 Å². The second kappa shape index (κ2) is 5.55. The van der Waals surface area contributed by atoms with E-state index in [0.717, 1.165) is 23.3 Å². The van der Waals surface area contributed by atoms with E-state index in [1.807, 2.05) is 41.4 Å². The molecule has 0 aliphatic carbocycles. The van der Waals surface area contributed by atoms with Gasteiger partial charge in [0.2, 0.25) is 0 Å². The lowest BCUT2D eigenvalue weighted by Gasteiger charge is -2.38. The molecule has 1 aromatic carbocycles. The normalized spacial score (nSPS) is 19.3. The van der Waals surface area contributed by atoms with Gasteiger partial charge >= 0.3 is 0 Å². The van der Waals surface area contributed by atoms with Crippen molar-refractivity contribution in [3.63, 3.8) is 0 Å². The third-order valence-electron chi connectivity index (χ3n) is 4.41. The first-order valence-corrected chi connectivity index (χ1v) is 7.70. The fraction of sp³-hybridized carbons (Fsp3) is 0.294. The molecule has 0 saturated carbocycles. The zero-order valence-electron chi connectivity index (χ0n) is 12.9. The minimum Gasteiger partial charge on any atom is -0.451 e. The monoisotopic (exact) mass is 310 g/mol. The number of nitrogens with one attached hydrogen (secondary N) is 1. The van der Waals surface area contributed by atoms with Crippen molar-refractivity contribution < 1.29 is 9.21 Å². The molecule has 1 atom stereocenters. The molecule has 3 heterocycles. The number of benzene rings is 1. The maximum absolute atomic E-state index is 12.8. The van der Waals surface area contributed by atoms with Gasteiger partial charge < -0.3 is 14.3 Å². The maximum atomic E-state index is 12.8. The van der Waals surface area contributed by atoms with Crippen LogP contribution in [0.15, 0.2) is 47.1 Å². The zero-order valence-corrected chi connectivity index (χ0v) is 12.9. The molecule has 0 radical (unpaired) electrons. The Labute approximate surface area is 133 Å². The van der Waals surface area contributed by atoms with E-state index in [1.54, 1.807) is 6.20 Å². The minimum absolute atomic E-state index is 0.0640. The number of likely N-dealkylation sites (N-methyl/N-ethyl adjacent to an activating group) is 1. The van der Waals surface area contributed by atoms with E-state index in [9.17, 15) is 4.79 Å². The van der Waals surface area contributed by atoms with Crippen LogP contribution >= 0.6 is 0 Å². The molecular formula is C17H18N4O2. The van der Waals surface area contributed by atoms with Gasteiger partial charge in [0.25, 0.3) is 5.91 Å². The van der Waals surface area contributed by atoms with Gasteiger partial charge in [-0.15, -0.1) is 0 Å². The predicted octanol–water partition coefficient (Wildman–Crippen LogP) is 2.28. The quantitative estimate of drug-likeness (QED) is 0.788. The molecule has 1 aliphatic rings. The van der Waals surface area contributed by atoms with E-state index < -0.39 is 0 Å². The molecule has 1 amide bonds. The third-order valence-corrected chi connectivity index (χ3v) is 4.41. The number of carbonyl (C=O) groups excluding carboxylic acids is 1. The van der Waals surface area contributed by atoms with Crippen molar-refractivity contribution in [2.75, 3.05) is 26.7 Å². The van der Waals surface area contributed by atoms with Crippen LogP contribution in [0.1, 0.15) is 22.4 Å². The number of carbonyl (C=O) groups is 1. The average molecular weight is 310 g/mol. The molecule has 3 aromatic rings. The van der Waals surface area contributed by atoms with Gasteiger partial charge in [-0.05, 0) is 19.2 Å². The van der Waals surface area contributed by atoms with Crippen LogP contribution in [0.5, 0.6) is 0 Å². The zero-order chi connectivity index (χ0) is 15.8. The number of para-hydroxylation sites is 1. The van der Waals surface area contributed by atoms with E-state index in [2.05, 4.69) is 21.9 Å². The molecule has 1 fully saturated rings. The van der Waals surface area contributed by atoms with Gasteiger partial charge in [0.05, 0.1) is 6.04 Å². The Balaban J connectivity index is 1.58. The summed E-state index contributed by atoms with van der Waals surface area (Å²) in [5, 5.41) is 0.951. The van der Waals surface area contributed by atoms with Crippen LogP contribution in [-0.4, -0.2) is 52.4 Å². The number of furan rings is 1. The van der Waals surface area contributed by atoms with Gasteiger partial charge in [-0.25, -0.2) is 4.98 Å². The lowest BCUT2D eigenvalue weighted by Crippen LogP contribution is -2.49. The van der Waals surface area contributed by atoms with Gasteiger partial charge in [-0.3, -0.25) is 9.69 Å². The SMILES string of the molecule is CN1CCN(C(=O)c2cc3ccccc3o2)C[C@H]1c1ncc[nH]1. The molecule has 118 valence electrons. The van der Waals surface area contributed by atoms with Crippen LogP contribution in [-0.2, 0) is 0 Å². The van der Waals surface area contributed by atoms with E-state index >= 15 is 0 Å². The number of H-pyrrole nitrogens is 1. The standard InChI is InChI=1S/C17H18N4O2/c1-20-8-9-21(11-13(20)16-18-6-7-19-16)17(22)15-10-12-4-2-3-5-14(12)23-15/h2-7,10,13H,8-9,11H2,1H3,(H,18,19)/t13-/m0/s1. The summed E-state index contributed by atoms with van der Waals surface area (Å²) in [6.45, 7) is 2.08. The molecule has 1 aliphatic heterocycles. The van der Waals surface area contributed by atoms with Crippen molar-refractivity contribution in [2.24, 2.45) is 0 Å². The number of aromatic amines is 1. The summed E-state index contributed by atoms with van der Waals surface area (Å²) in [6, 6.07) is 9.56. The molecule has 2 aromatic heterocycles. The Bertz CT molecular complexity index is 791. The Kier molecular flexibility index (Phi) is 3.38. The Morgan fingerprint density at radius 3 is 3.00 bits per heavy atom. The lowest BCUT2D eigenvalue weighted by atomic mass is 10.1. The van der Waals surface area contributed by atoms with E-state index in [1.165, 1.54) is 0 Å². The van der Waals surface area contributed by atoms with Crippen LogP contribution in [0.2, 0.25) is 0 Å². The van der Waals surface area contributed by atoms with Gasteiger partial charge in [0, 0.05) is 37.4 Å². The Morgan fingerprint density at radius 1 is 1.35 bits per heavy atom. The van der Waals surface area contributed by atoms with Gasteiger partial charge in [0.1, 0.15) is 11.4 Å². The summed E-state index contributed by atoms with van der Waals surface area (Å²) in [4.78, 5) is 24.3. The number of hydrogen-bond acceptors (Lipinski definition) is 4. The highest BCUT2D eigenvalue weighted by Gasteiger charge is 2.31. The molecule has 1 saturated heterocycles. The van der Waals surface area contributed by atoms with Crippen molar-refractivity contribution in [2.45, 2.75) is 6.04 Å². The van der Waals surface area contributed by atoms with Crippen molar-refractivity contribution in [3.05, 3.63) is 54.3 Å². The van der Waals surface area contributed by atoms with Crippen molar-refractivity contribution in [1.29, 1.82) is 0 Å². The second-order valence-corrected chi connectivity index (χ2v) is 5.87. The fourth-order valence-corrected chi connectivity index (χ4v) is 3.06. The summed E-state index contributed by atoms with van der Waals surface area (Å²) in [6.07, 6.45) is 3.55. The molecule has 0 spiro atoms. The maximum Gasteiger partial charge on any atom is 0.289 e. The van der Waals surface area contributed by atoms with E-state index in [-0.39, 0.29) is 11.9 Å². The molecule has 0 unspecified atom stereocenters. The summed E-state index contributed by atoms with van der Waals surface area (Å²) in [5.41, 5.74) is 0.743. The largest absolute Gasteiger partial charge is 0.451 e. The number of aromatic nitrogens is 2. The highest BCUT2D eigenvalue weighted by atomic mass is 16.3. The lowest BCUT2D eigenvalue weighted by molar-refractivity contribution is 0.0508. The number of rotatable bonds is 2. The van der Waals surface area contributed by atoms with Crippen LogP contribution in [0.25, 0.3) is 11.0 Å². The molecule has 1 N–H and O–H groups in total. The molecule has 6 nitrogen and oxygen atoms in total. The molecule has 6 heteroatoms. The summed E-state index contributed by atoms with van der Waals surface area (Å²) >= 11 is 0. The number of nitrogens with zero attached hydrogens (tertiary/aromatic N) is 3. The van der Waals surface area contributed by atoms with E-state index in [4.69, 9.17) is 4.42 Å². The van der Waals surface area contributed by atoms with Gasteiger partial charge in [-0.1, -0.05) is 18.2 Å². The summed E-state index contributed by atoms with van der Waals surface area (Å²) in [5.74, 6) is 1.22. The van der Waals surface area contributed by atoms with Gasteiger partial charge in [0.15, 0.2) is 5.76 Å². The predicted molar refractivity (Wildman–Crippen MR) is 86.1 cm³/mol. The third kappa shape index (κ3) is 2.51. The highest BCUT2D eigenvalue weighted by Crippen LogP contribution is 2.24. The van der Waals surface area contributed by atoms with Crippen LogP contribution < -0.4 is 0 Å². The Morgan fingerprint density at radius 2 is 2.22 bits per heavy atom. The van der Waals surface area contributed by atoms with Gasteiger partial charge in [-0.2, -0.15) is 0 Å². The summed E-state index contributed by atoms with van der Waals surface area (Å²) < 4.78 is 5.71. The number of amides is 1. The number of piperazine rings is 1. The van der Waals surface area contributed by atoms with Crippen molar-refractivity contribution >= 4 is 16.9 Å². The molecule has 0 bridgehead atoms. The average Bonchev–Trinajstić information content (AvgIpc) is 3.24. The van der Waals surface area contributed by atoms with Crippen LogP contribution in [0, 0.1) is 0 Å². The highest BCUT2D eigenvalue weighted by molar-refractivity contribution is 5.96. The number of fused-ring (bicyclic) bond motifs is 1. The van der Waals surface area contributed by atoms with Crippen LogP contribution in [0.3, 0.4) is 0 Å².